The minimum atomic E-state index is -1.08. The molecule has 2 unspecified atom stereocenters. The first-order valence-corrected chi connectivity index (χ1v) is 11.8. The fraction of sp³-hybridized carbons (Fsp3) is 0.783. The molecule has 1 aliphatic carbocycles. The van der Waals surface area contributed by atoms with Crippen LogP contribution in [0.4, 0.5) is 4.79 Å². The molecular weight excluding hydrogens is 428 g/mol. The maximum Gasteiger partial charge on any atom is 0.408 e. The van der Waals surface area contributed by atoms with Crippen LogP contribution in [0.15, 0.2) is 0 Å². The Morgan fingerprint density at radius 1 is 1.12 bits per heavy atom. The van der Waals surface area contributed by atoms with Crippen molar-refractivity contribution < 1.29 is 28.7 Å². The van der Waals surface area contributed by atoms with Gasteiger partial charge in [-0.3, -0.25) is 19.2 Å². The van der Waals surface area contributed by atoms with Gasteiger partial charge in [-0.2, -0.15) is 0 Å². The lowest BCUT2D eigenvalue weighted by molar-refractivity contribution is -0.142. The Bertz CT molecular complexity index is 759. The van der Waals surface area contributed by atoms with Gasteiger partial charge in [-0.05, 0) is 51.9 Å². The Kier molecular flexibility index (Phi) is 9.25. The molecule has 0 aromatic rings. The van der Waals surface area contributed by atoms with Gasteiger partial charge in [0.25, 0.3) is 5.91 Å². The summed E-state index contributed by atoms with van der Waals surface area (Å²) in [6, 6.07) is -1.76. The predicted octanol–water partition coefficient (Wildman–Crippen LogP) is 1.26. The van der Waals surface area contributed by atoms with Gasteiger partial charge in [-0.1, -0.05) is 32.6 Å². The highest BCUT2D eigenvalue weighted by Crippen LogP contribution is 2.32. The lowest BCUT2D eigenvalue weighted by Gasteiger charge is -2.32. The molecule has 0 spiro atoms. The Balaban J connectivity index is 2.09. The summed E-state index contributed by atoms with van der Waals surface area (Å²) in [5.41, 5.74) is 4.51. The molecule has 1 heterocycles. The number of carbonyl (C=O) groups excluding carboxylic acids is 5. The van der Waals surface area contributed by atoms with Crippen molar-refractivity contribution in [2.24, 2.45) is 17.6 Å². The number of nitrogens with one attached hydrogen (secondary N) is 2. The van der Waals surface area contributed by atoms with E-state index in [1.807, 2.05) is 6.92 Å². The van der Waals surface area contributed by atoms with Crippen molar-refractivity contribution in [3.05, 3.63) is 0 Å². The van der Waals surface area contributed by atoms with Crippen molar-refractivity contribution in [3.63, 3.8) is 0 Å². The van der Waals surface area contributed by atoms with E-state index in [1.54, 1.807) is 20.8 Å². The maximum atomic E-state index is 13.3. The number of hydrogen-bond acceptors (Lipinski definition) is 6. The highest BCUT2D eigenvalue weighted by Gasteiger charge is 2.43. The fourth-order valence-electron chi connectivity index (χ4n) is 4.45. The molecule has 1 saturated heterocycles. The van der Waals surface area contributed by atoms with E-state index in [0.717, 1.165) is 32.1 Å². The number of nitrogens with two attached hydrogens (primary N) is 1. The molecule has 1 aliphatic heterocycles. The van der Waals surface area contributed by atoms with E-state index in [1.165, 1.54) is 4.90 Å². The Morgan fingerprint density at radius 2 is 1.79 bits per heavy atom. The third-order valence-electron chi connectivity index (χ3n) is 6.22. The third kappa shape index (κ3) is 7.71. The zero-order valence-corrected chi connectivity index (χ0v) is 20.1. The molecule has 10 nitrogen and oxygen atoms in total. The average Bonchev–Trinajstić information content (AvgIpc) is 3.10. The van der Waals surface area contributed by atoms with Crippen LogP contribution < -0.4 is 16.4 Å². The van der Waals surface area contributed by atoms with Gasteiger partial charge < -0.3 is 26.0 Å². The number of nitrogens with zero attached hydrogens (tertiary/aromatic N) is 1. The number of ether oxygens (including phenoxy) is 1. The second kappa shape index (κ2) is 11.5. The molecule has 4 N–H and O–H groups in total. The molecule has 2 rings (SSSR count). The molecular formula is C23H38N4O6. The van der Waals surface area contributed by atoms with Gasteiger partial charge in [0.2, 0.25) is 17.6 Å². The van der Waals surface area contributed by atoms with Crippen molar-refractivity contribution in [2.45, 2.75) is 90.3 Å². The van der Waals surface area contributed by atoms with Crippen molar-refractivity contribution >= 4 is 29.6 Å². The third-order valence-corrected chi connectivity index (χ3v) is 6.22. The van der Waals surface area contributed by atoms with Gasteiger partial charge in [0.1, 0.15) is 18.2 Å². The monoisotopic (exact) mass is 466 g/mol. The van der Waals surface area contributed by atoms with E-state index >= 15 is 0 Å². The van der Waals surface area contributed by atoms with Crippen LogP contribution in [-0.4, -0.2) is 65.3 Å². The Morgan fingerprint density at radius 3 is 2.30 bits per heavy atom. The predicted molar refractivity (Wildman–Crippen MR) is 121 cm³/mol. The molecule has 3 atom stereocenters. The second-order valence-corrected chi connectivity index (χ2v) is 10.0. The van der Waals surface area contributed by atoms with E-state index in [9.17, 15) is 24.0 Å². The van der Waals surface area contributed by atoms with Gasteiger partial charge in [0.15, 0.2) is 0 Å². The largest absolute Gasteiger partial charge is 0.444 e. The minimum Gasteiger partial charge on any atom is -0.444 e. The van der Waals surface area contributed by atoms with Gasteiger partial charge in [-0.25, -0.2) is 4.79 Å². The summed E-state index contributed by atoms with van der Waals surface area (Å²) in [5, 5.41) is 5.15. The number of carbonyl (C=O) groups is 5. The molecule has 2 fully saturated rings. The van der Waals surface area contributed by atoms with E-state index in [0.29, 0.717) is 19.4 Å². The zero-order chi connectivity index (χ0) is 24.8. The van der Waals surface area contributed by atoms with Crippen LogP contribution in [0.3, 0.4) is 0 Å². The van der Waals surface area contributed by atoms with Crippen LogP contribution in [0.25, 0.3) is 0 Å². The summed E-state index contributed by atoms with van der Waals surface area (Å²) in [6.07, 6.45) is 4.81. The first kappa shape index (κ1) is 26.6. The van der Waals surface area contributed by atoms with Crippen molar-refractivity contribution in [2.75, 3.05) is 13.1 Å². The number of primary amides is 1. The summed E-state index contributed by atoms with van der Waals surface area (Å²) >= 11 is 0. The molecule has 1 saturated carbocycles. The molecule has 2 aliphatic rings. The summed E-state index contributed by atoms with van der Waals surface area (Å²) in [5.74, 6) is -2.57. The standard InChI is InChI=1S/C23H38N4O6/c1-5-7-15-10-11-27(17(28)13-25-22(32)33-23(2,3)4)18(15)21(31)26-16(19(29)20(24)30)12-14-8-6-9-14/h14-16,18H,5-13H2,1-4H3,(H2,24,30)(H,25,32)(H,26,31)/t15-,16?,18?/m0/s1. The van der Waals surface area contributed by atoms with Gasteiger partial charge >= 0.3 is 6.09 Å². The van der Waals surface area contributed by atoms with Crippen molar-refractivity contribution in [3.8, 4) is 0 Å². The summed E-state index contributed by atoms with van der Waals surface area (Å²) in [6.45, 7) is 7.23. The molecule has 0 aromatic heterocycles. The normalized spacial score (nSPS) is 21.6. The maximum absolute atomic E-state index is 13.3. The smallest absolute Gasteiger partial charge is 0.408 e. The number of alkyl carbamates (subject to hydrolysis) is 1. The number of Topliss-reactive ketones (excluding diaryl/α,β-unsaturated/α-hetero) is 1. The molecule has 10 heteroatoms. The van der Waals surface area contributed by atoms with Crippen LogP contribution in [-0.2, 0) is 23.9 Å². The van der Waals surface area contributed by atoms with Gasteiger partial charge in [0, 0.05) is 6.54 Å². The Labute approximate surface area is 195 Å². The Hall–Kier alpha value is -2.65. The first-order valence-electron chi connectivity index (χ1n) is 11.8. The molecule has 0 aromatic carbocycles. The van der Waals surface area contributed by atoms with E-state index in [2.05, 4.69) is 10.6 Å². The number of likely N-dealkylation sites (tertiary alicyclic amines) is 1. The number of hydrogen-bond donors (Lipinski definition) is 3. The van der Waals surface area contributed by atoms with Crippen LogP contribution in [0, 0.1) is 11.8 Å². The van der Waals surface area contributed by atoms with E-state index < -0.39 is 47.3 Å². The SMILES string of the molecule is CCC[C@H]1CCN(C(=O)CNC(=O)OC(C)(C)C)C1C(=O)NC(CC1CCC1)C(=O)C(N)=O. The number of amides is 4. The quantitative estimate of drug-likeness (QED) is 0.413. The molecule has 0 bridgehead atoms. The highest BCUT2D eigenvalue weighted by atomic mass is 16.6. The second-order valence-electron chi connectivity index (χ2n) is 10.0. The first-order chi connectivity index (χ1) is 15.4. The zero-order valence-electron chi connectivity index (χ0n) is 20.1. The number of rotatable bonds is 10. The van der Waals surface area contributed by atoms with E-state index in [4.69, 9.17) is 10.5 Å². The summed E-state index contributed by atoms with van der Waals surface area (Å²) in [4.78, 5) is 63.4. The lowest BCUT2D eigenvalue weighted by atomic mass is 9.80. The molecule has 33 heavy (non-hydrogen) atoms. The van der Waals surface area contributed by atoms with Crippen LogP contribution >= 0.6 is 0 Å². The summed E-state index contributed by atoms with van der Waals surface area (Å²) in [7, 11) is 0. The van der Waals surface area contributed by atoms with Crippen LogP contribution in [0.5, 0.6) is 0 Å². The van der Waals surface area contributed by atoms with Crippen molar-refractivity contribution in [1.29, 1.82) is 0 Å². The van der Waals surface area contributed by atoms with Gasteiger partial charge in [-0.15, -0.1) is 0 Å². The summed E-state index contributed by atoms with van der Waals surface area (Å²) < 4.78 is 5.16. The molecule has 186 valence electrons. The van der Waals surface area contributed by atoms with E-state index in [-0.39, 0.29) is 18.4 Å². The molecule has 0 radical (unpaired) electrons. The topological polar surface area (TPSA) is 148 Å². The fourth-order valence-corrected chi connectivity index (χ4v) is 4.45. The van der Waals surface area contributed by atoms with Crippen LogP contribution in [0.2, 0.25) is 0 Å². The highest BCUT2D eigenvalue weighted by molar-refractivity contribution is 6.37. The van der Waals surface area contributed by atoms with Crippen LogP contribution in [0.1, 0.15) is 72.6 Å². The van der Waals surface area contributed by atoms with Crippen molar-refractivity contribution in [1.82, 2.24) is 15.5 Å². The minimum absolute atomic E-state index is 0.0755. The molecule has 4 amide bonds. The average molecular weight is 467 g/mol. The number of ketones is 1. The van der Waals surface area contributed by atoms with Gasteiger partial charge in [0.05, 0.1) is 6.04 Å². The lowest BCUT2D eigenvalue weighted by Crippen LogP contribution is -2.56.